The molecule has 2 heterocycles. The number of amides is 3. The van der Waals surface area contributed by atoms with Crippen molar-refractivity contribution in [3.05, 3.63) is 35.4 Å². The van der Waals surface area contributed by atoms with Crippen LogP contribution in [0.1, 0.15) is 37.0 Å². The molecule has 140 valence electrons. The topological polar surface area (TPSA) is 78.5 Å². The Hall–Kier alpha value is -2.51. The number of nitrogens with one attached hydrogen (secondary N) is 2. The van der Waals surface area contributed by atoms with E-state index in [1.807, 2.05) is 13.8 Å². The molecular formula is C18H21F2N3O3. The highest BCUT2D eigenvalue weighted by molar-refractivity contribution is 5.98. The summed E-state index contributed by atoms with van der Waals surface area (Å²) < 4.78 is 27.0. The minimum atomic E-state index is -1.22. The molecule has 0 saturated carbocycles. The molecule has 3 amide bonds. The van der Waals surface area contributed by atoms with Crippen LogP contribution in [0, 0.1) is 17.6 Å². The van der Waals surface area contributed by atoms with Gasteiger partial charge < -0.3 is 15.5 Å². The van der Waals surface area contributed by atoms with Crippen molar-refractivity contribution >= 4 is 17.7 Å². The van der Waals surface area contributed by atoms with Gasteiger partial charge in [-0.2, -0.15) is 0 Å². The lowest BCUT2D eigenvalue weighted by Gasteiger charge is -2.36. The number of hydrogen-bond acceptors (Lipinski definition) is 3. The largest absolute Gasteiger partial charge is 0.347 e. The minimum absolute atomic E-state index is 0.00225. The molecular weight excluding hydrogens is 344 g/mol. The standard InChI is InChI=1S/C18H21F2N3O3/c1-3-9(2)15-18(26)23-8-10(7-13(23)17(25)22-15)21-16(24)11-5-4-6-12(19)14(11)20/h4-6,9-10,13,15H,3,7-8H2,1-2H3,(H,21,24)(H,22,25)/t9-,10-,13-,15-/m0/s1. The summed E-state index contributed by atoms with van der Waals surface area (Å²) in [5.41, 5.74) is -0.400. The fraction of sp³-hybridized carbons (Fsp3) is 0.500. The molecule has 0 aliphatic carbocycles. The maximum atomic E-state index is 13.8. The van der Waals surface area contributed by atoms with Crippen LogP contribution in [0.2, 0.25) is 0 Å². The second-order valence-corrected chi connectivity index (χ2v) is 6.89. The number of carbonyl (C=O) groups excluding carboxylic acids is 3. The molecule has 0 bridgehead atoms. The molecule has 2 saturated heterocycles. The van der Waals surface area contributed by atoms with E-state index in [-0.39, 0.29) is 30.7 Å². The van der Waals surface area contributed by atoms with Gasteiger partial charge >= 0.3 is 0 Å². The van der Waals surface area contributed by atoms with Crippen molar-refractivity contribution in [1.82, 2.24) is 15.5 Å². The highest BCUT2D eigenvalue weighted by atomic mass is 19.2. The van der Waals surface area contributed by atoms with E-state index in [0.29, 0.717) is 0 Å². The van der Waals surface area contributed by atoms with Crippen molar-refractivity contribution < 1.29 is 23.2 Å². The van der Waals surface area contributed by atoms with Crippen LogP contribution in [0.5, 0.6) is 0 Å². The average molecular weight is 365 g/mol. The van der Waals surface area contributed by atoms with Gasteiger partial charge in [-0.05, 0) is 24.5 Å². The Kier molecular flexibility index (Phi) is 4.93. The molecule has 1 aromatic carbocycles. The Morgan fingerprint density at radius 1 is 1.38 bits per heavy atom. The molecule has 0 unspecified atom stereocenters. The number of piperazine rings is 1. The van der Waals surface area contributed by atoms with E-state index >= 15 is 0 Å². The summed E-state index contributed by atoms with van der Waals surface area (Å²) in [6, 6.07) is 1.65. The highest BCUT2D eigenvalue weighted by Gasteiger charge is 2.47. The Balaban J connectivity index is 1.72. The molecule has 2 aliphatic rings. The summed E-state index contributed by atoms with van der Waals surface area (Å²) in [6.45, 7) is 4.01. The van der Waals surface area contributed by atoms with E-state index in [1.165, 1.54) is 17.0 Å². The lowest BCUT2D eigenvalue weighted by atomic mass is 9.95. The third-order valence-electron chi connectivity index (χ3n) is 5.20. The van der Waals surface area contributed by atoms with Crippen LogP contribution in [0.3, 0.4) is 0 Å². The first-order valence-electron chi connectivity index (χ1n) is 8.69. The number of hydrogen-bond donors (Lipinski definition) is 2. The van der Waals surface area contributed by atoms with E-state index in [2.05, 4.69) is 10.6 Å². The molecule has 2 aliphatic heterocycles. The second kappa shape index (κ2) is 7.01. The zero-order valence-electron chi connectivity index (χ0n) is 14.6. The van der Waals surface area contributed by atoms with E-state index in [4.69, 9.17) is 0 Å². The van der Waals surface area contributed by atoms with Gasteiger partial charge in [0.1, 0.15) is 12.1 Å². The highest BCUT2D eigenvalue weighted by Crippen LogP contribution is 2.26. The first-order valence-corrected chi connectivity index (χ1v) is 8.69. The van der Waals surface area contributed by atoms with E-state index in [9.17, 15) is 23.2 Å². The first-order chi connectivity index (χ1) is 12.3. The molecule has 2 N–H and O–H groups in total. The number of benzene rings is 1. The Morgan fingerprint density at radius 2 is 2.12 bits per heavy atom. The first kappa shape index (κ1) is 18.3. The fourth-order valence-corrected chi connectivity index (χ4v) is 3.49. The number of carbonyl (C=O) groups is 3. The summed E-state index contributed by atoms with van der Waals surface area (Å²) in [4.78, 5) is 38.7. The fourth-order valence-electron chi connectivity index (χ4n) is 3.49. The molecule has 6 nitrogen and oxygen atoms in total. The van der Waals surface area contributed by atoms with Gasteiger partial charge in [0.25, 0.3) is 5.91 Å². The SMILES string of the molecule is CC[C@H](C)[C@@H]1NC(=O)[C@@H]2C[C@H](NC(=O)c3cccc(F)c3F)CN2C1=O. The van der Waals surface area contributed by atoms with Gasteiger partial charge in [-0.1, -0.05) is 26.3 Å². The molecule has 4 atom stereocenters. The van der Waals surface area contributed by atoms with Crippen molar-refractivity contribution in [2.45, 2.75) is 44.8 Å². The van der Waals surface area contributed by atoms with E-state index in [0.717, 1.165) is 12.5 Å². The molecule has 0 aromatic heterocycles. The minimum Gasteiger partial charge on any atom is -0.347 e. The van der Waals surface area contributed by atoms with Gasteiger partial charge in [-0.15, -0.1) is 0 Å². The quantitative estimate of drug-likeness (QED) is 0.842. The number of halogens is 2. The molecule has 0 spiro atoms. The van der Waals surface area contributed by atoms with Gasteiger partial charge in [-0.25, -0.2) is 8.78 Å². The van der Waals surface area contributed by atoms with E-state index in [1.54, 1.807) is 0 Å². The number of fused-ring (bicyclic) bond motifs is 1. The molecule has 2 fully saturated rings. The van der Waals surface area contributed by atoms with E-state index < -0.39 is 41.2 Å². The predicted molar refractivity (Wildman–Crippen MR) is 89.1 cm³/mol. The zero-order chi connectivity index (χ0) is 19.0. The van der Waals surface area contributed by atoms with Crippen molar-refractivity contribution in [1.29, 1.82) is 0 Å². The van der Waals surface area contributed by atoms with Crippen LogP contribution in [-0.4, -0.2) is 47.3 Å². The lowest BCUT2D eigenvalue weighted by Crippen LogP contribution is -2.62. The number of rotatable bonds is 4. The third kappa shape index (κ3) is 3.15. The predicted octanol–water partition coefficient (Wildman–Crippen LogP) is 1.21. The maximum Gasteiger partial charge on any atom is 0.254 e. The Morgan fingerprint density at radius 3 is 2.81 bits per heavy atom. The van der Waals surface area contributed by atoms with Gasteiger partial charge in [-0.3, -0.25) is 14.4 Å². The summed E-state index contributed by atoms with van der Waals surface area (Å²) in [5, 5.41) is 5.36. The van der Waals surface area contributed by atoms with Crippen LogP contribution in [0.25, 0.3) is 0 Å². The molecule has 8 heteroatoms. The smallest absolute Gasteiger partial charge is 0.254 e. The molecule has 1 aromatic rings. The van der Waals surface area contributed by atoms with Crippen molar-refractivity contribution in [3.8, 4) is 0 Å². The number of nitrogens with zero attached hydrogens (tertiary/aromatic N) is 1. The zero-order valence-corrected chi connectivity index (χ0v) is 14.6. The summed E-state index contributed by atoms with van der Waals surface area (Å²) in [6.07, 6.45) is 0.988. The van der Waals surface area contributed by atoms with Gasteiger partial charge in [0.15, 0.2) is 11.6 Å². The molecule has 0 radical (unpaired) electrons. The lowest BCUT2D eigenvalue weighted by molar-refractivity contribution is -0.148. The van der Waals surface area contributed by atoms with Crippen LogP contribution in [-0.2, 0) is 9.59 Å². The van der Waals surface area contributed by atoms with Crippen molar-refractivity contribution in [3.63, 3.8) is 0 Å². The Bertz CT molecular complexity index is 755. The molecule has 3 rings (SSSR count). The average Bonchev–Trinajstić information content (AvgIpc) is 3.04. The molecule has 26 heavy (non-hydrogen) atoms. The van der Waals surface area contributed by atoms with Gasteiger partial charge in [0, 0.05) is 12.6 Å². The van der Waals surface area contributed by atoms with Crippen LogP contribution >= 0.6 is 0 Å². The van der Waals surface area contributed by atoms with Crippen LogP contribution in [0.15, 0.2) is 18.2 Å². The monoisotopic (exact) mass is 365 g/mol. The third-order valence-corrected chi connectivity index (χ3v) is 5.20. The van der Waals surface area contributed by atoms with Gasteiger partial charge in [0.05, 0.1) is 5.56 Å². The summed E-state index contributed by atoms with van der Waals surface area (Å²) >= 11 is 0. The van der Waals surface area contributed by atoms with Crippen LogP contribution in [0.4, 0.5) is 8.78 Å². The maximum absolute atomic E-state index is 13.8. The Labute approximate surface area is 149 Å². The van der Waals surface area contributed by atoms with Gasteiger partial charge in [0.2, 0.25) is 11.8 Å². The normalized spacial score (nSPS) is 26.3. The second-order valence-electron chi connectivity index (χ2n) is 6.89. The van der Waals surface area contributed by atoms with Crippen molar-refractivity contribution in [2.75, 3.05) is 6.54 Å². The van der Waals surface area contributed by atoms with Crippen LogP contribution < -0.4 is 10.6 Å². The van der Waals surface area contributed by atoms with Crippen molar-refractivity contribution in [2.24, 2.45) is 5.92 Å². The summed E-state index contributed by atoms with van der Waals surface area (Å²) in [5.74, 6) is -3.50. The summed E-state index contributed by atoms with van der Waals surface area (Å²) in [7, 11) is 0.